The van der Waals surface area contributed by atoms with E-state index >= 15 is 0 Å². The number of aromatic hydroxyl groups is 1. The highest BCUT2D eigenvalue weighted by Gasteiger charge is 2.48. The van der Waals surface area contributed by atoms with Gasteiger partial charge in [0.15, 0.2) is 23.0 Å². The fourth-order valence-corrected chi connectivity index (χ4v) is 4.70. The van der Waals surface area contributed by atoms with Crippen molar-refractivity contribution in [2.45, 2.75) is 19.9 Å². The van der Waals surface area contributed by atoms with E-state index in [4.69, 9.17) is 14.2 Å². The van der Waals surface area contributed by atoms with Crippen LogP contribution < -0.4 is 19.1 Å². The maximum absolute atomic E-state index is 13.5. The minimum Gasteiger partial charge on any atom is -0.507 e. The molecular formula is C29H27N3O7. The van der Waals surface area contributed by atoms with Crippen LogP contribution in [0.3, 0.4) is 0 Å². The topological polar surface area (TPSA) is 134 Å². The maximum Gasteiger partial charge on any atom is 0.302 e. The number of hydrogen-bond donors (Lipinski definition) is 3. The summed E-state index contributed by atoms with van der Waals surface area (Å²) in [4.78, 5) is 36.0. The Morgan fingerprint density at radius 3 is 2.49 bits per heavy atom. The summed E-state index contributed by atoms with van der Waals surface area (Å²) in [7, 11) is 2.94. The zero-order valence-corrected chi connectivity index (χ0v) is 21.8. The monoisotopic (exact) mass is 529 g/mol. The minimum atomic E-state index is -1.08. The lowest BCUT2D eigenvalue weighted by atomic mass is 9.95. The van der Waals surface area contributed by atoms with Crippen LogP contribution in [0.15, 0.2) is 60.2 Å². The number of methoxy groups -OCH3 is 2. The Labute approximate surface area is 224 Å². The minimum absolute atomic E-state index is 0.100. The molecule has 1 atom stereocenters. The van der Waals surface area contributed by atoms with E-state index in [0.717, 1.165) is 5.56 Å². The number of imidazole rings is 1. The number of anilines is 1. The molecule has 1 aliphatic rings. The molecule has 200 valence electrons. The summed E-state index contributed by atoms with van der Waals surface area (Å²) in [5, 5.41) is 21.8. The second-order valence-electron chi connectivity index (χ2n) is 8.98. The zero-order chi connectivity index (χ0) is 27.8. The molecule has 1 saturated heterocycles. The van der Waals surface area contributed by atoms with E-state index in [2.05, 4.69) is 9.97 Å². The van der Waals surface area contributed by atoms with Gasteiger partial charge in [-0.15, -0.1) is 0 Å². The van der Waals surface area contributed by atoms with E-state index in [-0.39, 0.29) is 35.2 Å². The number of benzene rings is 3. The fourth-order valence-electron chi connectivity index (χ4n) is 4.70. The Morgan fingerprint density at radius 2 is 1.77 bits per heavy atom. The number of nitrogens with zero attached hydrogens (tertiary/aromatic N) is 2. The molecular weight excluding hydrogens is 502 g/mol. The molecule has 10 nitrogen and oxygen atoms in total. The van der Waals surface area contributed by atoms with Crippen LogP contribution in [0.4, 0.5) is 5.95 Å². The van der Waals surface area contributed by atoms with Crippen molar-refractivity contribution in [3.05, 3.63) is 76.9 Å². The number of fused-ring (bicyclic) bond motifs is 1. The predicted octanol–water partition coefficient (Wildman–Crippen LogP) is 4.62. The molecule has 3 N–H and O–H groups in total. The summed E-state index contributed by atoms with van der Waals surface area (Å²) in [6, 6.07) is 13.7. The first-order valence-electron chi connectivity index (χ1n) is 12.2. The molecule has 0 bridgehead atoms. The van der Waals surface area contributed by atoms with Crippen molar-refractivity contribution in [1.29, 1.82) is 0 Å². The molecule has 39 heavy (non-hydrogen) atoms. The first-order valence-corrected chi connectivity index (χ1v) is 12.2. The number of phenolic OH excluding ortho intramolecular Hbond substituents is 1. The first kappa shape index (κ1) is 25.7. The number of Topliss-reactive ketones (excluding diaryl/α,β-unsaturated/α-hetero) is 1. The average Bonchev–Trinajstić information content (AvgIpc) is 3.46. The third-order valence-electron chi connectivity index (χ3n) is 6.55. The molecule has 3 aromatic carbocycles. The molecule has 4 aromatic rings. The van der Waals surface area contributed by atoms with Crippen LogP contribution in [0.5, 0.6) is 23.0 Å². The highest BCUT2D eigenvalue weighted by atomic mass is 16.5. The van der Waals surface area contributed by atoms with Crippen LogP contribution in [0.25, 0.3) is 16.8 Å². The predicted molar refractivity (Wildman–Crippen MR) is 144 cm³/mol. The number of carbonyl (C=O) groups is 2. The van der Waals surface area contributed by atoms with Crippen LogP contribution in [0.1, 0.15) is 29.7 Å². The van der Waals surface area contributed by atoms with Gasteiger partial charge in [0.05, 0.1) is 43.5 Å². The van der Waals surface area contributed by atoms with E-state index < -0.39 is 23.5 Å². The number of aliphatic hydroxyl groups excluding tert-OH is 1. The maximum atomic E-state index is 13.5. The normalized spacial score (nSPS) is 16.6. The van der Waals surface area contributed by atoms with Crippen molar-refractivity contribution in [1.82, 2.24) is 9.97 Å². The Balaban J connectivity index is 1.74. The van der Waals surface area contributed by atoms with Gasteiger partial charge in [-0.05, 0) is 67.4 Å². The van der Waals surface area contributed by atoms with Gasteiger partial charge in [-0.1, -0.05) is 12.1 Å². The van der Waals surface area contributed by atoms with Gasteiger partial charge in [0.1, 0.15) is 5.76 Å². The highest BCUT2D eigenvalue weighted by Crippen LogP contribution is 2.44. The lowest BCUT2D eigenvalue weighted by molar-refractivity contribution is -0.132. The highest BCUT2D eigenvalue weighted by molar-refractivity contribution is 6.51. The number of rotatable bonds is 7. The van der Waals surface area contributed by atoms with Gasteiger partial charge in [0, 0.05) is 5.56 Å². The molecule has 0 saturated carbocycles. The van der Waals surface area contributed by atoms with Crippen LogP contribution >= 0.6 is 0 Å². The Bertz CT molecular complexity index is 1640. The third-order valence-corrected chi connectivity index (χ3v) is 6.55. The molecule has 1 fully saturated rings. The number of H-pyrrole nitrogens is 1. The molecule has 0 radical (unpaired) electrons. The van der Waals surface area contributed by atoms with Gasteiger partial charge in [-0.25, -0.2) is 4.98 Å². The molecule has 10 heteroatoms. The summed E-state index contributed by atoms with van der Waals surface area (Å²) < 4.78 is 16.2. The van der Waals surface area contributed by atoms with E-state index in [1.807, 2.05) is 25.1 Å². The molecule has 1 amide bonds. The second kappa shape index (κ2) is 10.1. The Kier molecular flexibility index (Phi) is 6.61. The van der Waals surface area contributed by atoms with Gasteiger partial charge < -0.3 is 29.4 Å². The number of aromatic nitrogens is 2. The number of aliphatic hydroxyl groups is 1. The SMILES string of the molecule is CCOc1cc(C2/C(=C(\O)c3ccc(OC)c(OC)c3)C(=O)C(=O)N2c2nc3ccc(C)cc3[nH]2)ccc1O. The van der Waals surface area contributed by atoms with Crippen LogP contribution in [-0.4, -0.2) is 52.7 Å². The zero-order valence-electron chi connectivity index (χ0n) is 21.8. The van der Waals surface area contributed by atoms with Crippen LogP contribution in [0.2, 0.25) is 0 Å². The van der Waals surface area contributed by atoms with Crippen molar-refractivity contribution in [3.63, 3.8) is 0 Å². The van der Waals surface area contributed by atoms with E-state index in [0.29, 0.717) is 28.1 Å². The smallest absolute Gasteiger partial charge is 0.302 e. The molecule has 2 heterocycles. The lowest BCUT2D eigenvalue weighted by Gasteiger charge is -2.23. The first-order chi connectivity index (χ1) is 18.8. The quantitative estimate of drug-likeness (QED) is 0.179. The van der Waals surface area contributed by atoms with Gasteiger partial charge in [-0.2, -0.15) is 0 Å². The van der Waals surface area contributed by atoms with Crippen LogP contribution in [0, 0.1) is 6.92 Å². The number of ether oxygens (including phenoxy) is 3. The number of ketones is 1. The number of hydrogen-bond acceptors (Lipinski definition) is 8. The number of aromatic amines is 1. The average molecular weight is 530 g/mol. The summed E-state index contributed by atoms with van der Waals surface area (Å²) in [6.07, 6.45) is 0. The number of phenols is 1. The molecule has 1 aliphatic heterocycles. The van der Waals surface area contributed by atoms with Crippen molar-refractivity contribution < 1.29 is 34.0 Å². The van der Waals surface area contributed by atoms with Gasteiger partial charge in [0.25, 0.3) is 5.78 Å². The molecule has 5 rings (SSSR count). The standard InChI is InChI=1S/C29H27N3O7/c1-5-39-22-13-16(7-10-20(22)33)25-24(26(34)17-8-11-21(37-3)23(14-17)38-4)27(35)28(36)32(25)29-30-18-9-6-15(2)12-19(18)31-29/h6-14,25,33-34H,5H2,1-4H3,(H,30,31)/b26-24+. The number of aryl methyl sites for hydroxylation is 1. The van der Waals surface area contributed by atoms with E-state index in [1.54, 1.807) is 25.1 Å². The summed E-state index contributed by atoms with van der Waals surface area (Å²) in [5.74, 6) is -1.19. The number of carbonyl (C=O) groups excluding carboxylic acids is 2. The Hall–Kier alpha value is -4.99. The van der Waals surface area contributed by atoms with Crippen LogP contribution in [-0.2, 0) is 9.59 Å². The summed E-state index contributed by atoms with van der Waals surface area (Å²) in [6.45, 7) is 3.98. The molecule has 0 spiro atoms. The van der Waals surface area contributed by atoms with Crippen molar-refractivity contribution in [2.75, 3.05) is 25.7 Å². The largest absolute Gasteiger partial charge is 0.507 e. The lowest BCUT2D eigenvalue weighted by Crippen LogP contribution is -2.30. The summed E-state index contributed by atoms with van der Waals surface area (Å²) >= 11 is 0. The third kappa shape index (κ3) is 4.39. The van der Waals surface area contributed by atoms with Crippen molar-refractivity contribution >= 4 is 34.4 Å². The molecule has 1 aromatic heterocycles. The summed E-state index contributed by atoms with van der Waals surface area (Å²) in [5.41, 5.74) is 2.80. The molecule has 1 unspecified atom stereocenters. The number of amides is 1. The van der Waals surface area contributed by atoms with Crippen molar-refractivity contribution in [3.8, 4) is 23.0 Å². The number of nitrogens with one attached hydrogen (secondary N) is 1. The van der Waals surface area contributed by atoms with E-state index in [1.165, 1.54) is 37.3 Å². The van der Waals surface area contributed by atoms with E-state index in [9.17, 15) is 19.8 Å². The van der Waals surface area contributed by atoms with Gasteiger partial charge in [-0.3, -0.25) is 14.5 Å². The molecule has 0 aliphatic carbocycles. The Morgan fingerprint density at radius 1 is 1.00 bits per heavy atom. The van der Waals surface area contributed by atoms with Crippen molar-refractivity contribution in [2.24, 2.45) is 0 Å². The van der Waals surface area contributed by atoms with Gasteiger partial charge >= 0.3 is 5.91 Å². The van der Waals surface area contributed by atoms with Gasteiger partial charge in [0.2, 0.25) is 5.95 Å². The fraction of sp³-hybridized carbons (Fsp3) is 0.207. The second-order valence-corrected chi connectivity index (χ2v) is 8.98.